The largest absolute Gasteiger partial charge is 0.444 e. The molecular weight excluding hydrogens is 340 g/mol. The predicted octanol–water partition coefficient (Wildman–Crippen LogP) is 1.34. The summed E-state index contributed by atoms with van der Waals surface area (Å²) in [5.74, 6) is -0.682. The molecule has 0 saturated heterocycles. The van der Waals surface area contributed by atoms with E-state index in [1.807, 2.05) is 0 Å². The molecule has 0 aliphatic heterocycles. The Morgan fingerprint density at radius 1 is 1.04 bits per heavy atom. The highest BCUT2D eigenvalue weighted by Crippen LogP contribution is 2.14. The van der Waals surface area contributed by atoms with Crippen LogP contribution in [-0.2, 0) is 14.3 Å². The van der Waals surface area contributed by atoms with E-state index in [1.54, 1.807) is 41.5 Å². The Balaban J connectivity index is 4.97. The fourth-order valence-electron chi connectivity index (χ4n) is 2.03. The normalized spacial score (nSPS) is 12.9. The van der Waals surface area contributed by atoms with E-state index in [4.69, 9.17) is 20.9 Å². The van der Waals surface area contributed by atoms with E-state index in [9.17, 15) is 14.4 Å². The zero-order valence-electron chi connectivity index (χ0n) is 16.8. The van der Waals surface area contributed by atoms with Crippen LogP contribution < -0.4 is 16.8 Å². The van der Waals surface area contributed by atoms with Crippen LogP contribution in [0.3, 0.4) is 0 Å². The first kappa shape index (κ1) is 24.0. The molecule has 152 valence electrons. The summed E-state index contributed by atoms with van der Waals surface area (Å²) in [7, 11) is 0. The van der Waals surface area contributed by atoms with Crippen LogP contribution in [-0.4, -0.2) is 59.9 Å². The second-order valence-electron chi connectivity index (χ2n) is 7.95. The van der Waals surface area contributed by atoms with Crippen LogP contribution in [0.1, 0.15) is 54.4 Å². The van der Waals surface area contributed by atoms with Gasteiger partial charge in [-0.05, 0) is 60.9 Å². The van der Waals surface area contributed by atoms with Crippen LogP contribution in [0.15, 0.2) is 0 Å². The average molecular weight is 374 g/mol. The standard InChI is InChI=1S/C17H34N4O5/c1-16(2,3)25-14(23)20-10-8-12(13(19)22)21(11-7-9-18)15(24)26-17(4,5)6/h12H,7-11,18H2,1-6H3,(H2,19,22)(H,20,23). The average Bonchev–Trinajstić information content (AvgIpc) is 2.41. The molecule has 0 aliphatic carbocycles. The fraction of sp³-hybridized carbons (Fsp3) is 0.824. The molecule has 0 saturated carbocycles. The number of nitrogens with one attached hydrogen (secondary N) is 1. The molecule has 0 bridgehead atoms. The lowest BCUT2D eigenvalue weighted by Gasteiger charge is -2.32. The van der Waals surface area contributed by atoms with Crippen molar-refractivity contribution in [1.29, 1.82) is 0 Å². The Morgan fingerprint density at radius 2 is 1.58 bits per heavy atom. The van der Waals surface area contributed by atoms with Crippen molar-refractivity contribution in [2.45, 2.75) is 71.6 Å². The SMILES string of the molecule is CC(C)(C)OC(=O)NCCC(C(N)=O)N(CCCN)C(=O)OC(C)(C)C. The monoisotopic (exact) mass is 374 g/mol. The molecule has 0 heterocycles. The van der Waals surface area contributed by atoms with Crippen molar-refractivity contribution < 1.29 is 23.9 Å². The molecule has 0 aromatic rings. The maximum absolute atomic E-state index is 12.4. The number of alkyl carbamates (subject to hydrolysis) is 1. The first-order chi connectivity index (χ1) is 11.8. The van der Waals surface area contributed by atoms with Gasteiger partial charge >= 0.3 is 12.2 Å². The molecule has 0 aromatic carbocycles. The minimum absolute atomic E-state index is 0.116. The summed E-state index contributed by atoms with van der Waals surface area (Å²) in [5.41, 5.74) is 9.64. The molecule has 9 nitrogen and oxygen atoms in total. The van der Waals surface area contributed by atoms with Gasteiger partial charge in [0.15, 0.2) is 0 Å². The van der Waals surface area contributed by atoms with E-state index in [0.29, 0.717) is 13.0 Å². The zero-order valence-corrected chi connectivity index (χ0v) is 16.8. The summed E-state index contributed by atoms with van der Waals surface area (Å²) in [5, 5.41) is 2.55. The van der Waals surface area contributed by atoms with Gasteiger partial charge < -0.3 is 26.3 Å². The molecule has 26 heavy (non-hydrogen) atoms. The van der Waals surface area contributed by atoms with Gasteiger partial charge in [0.05, 0.1) is 0 Å². The van der Waals surface area contributed by atoms with E-state index in [0.717, 1.165) is 0 Å². The van der Waals surface area contributed by atoms with E-state index >= 15 is 0 Å². The van der Waals surface area contributed by atoms with Crippen molar-refractivity contribution in [1.82, 2.24) is 10.2 Å². The summed E-state index contributed by atoms with van der Waals surface area (Å²) in [6, 6.07) is -0.925. The van der Waals surface area contributed by atoms with Crippen molar-refractivity contribution in [2.24, 2.45) is 11.5 Å². The zero-order chi connectivity index (χ0) is 20.5. The van der Waals surface area contributed by atoms with Gasteiger partial charge in [0.2, 0.25) is 5.91 Å². The number of nitrogens with two attached hydrogens (primary N) is 2. The van der Waals surface area contributed by atoms with Crippen molar-refractivity contribution in [3.05, 3.63) is 0 Å². The molecule has 0 fully saturated rings. The van der Waals surface area contributed by atoms with Crippen LogP contribution in [0, 0.1) is 0 Å². The van der Waals surface area contributed by atoms with Crippen LogP contribution in [0.4, 0.5) is 9.59 Å². The van der Waals surface area contributed by atoms with Gasteiger partial charge in [-0.1, -0.05) is 0 Å². The number of carbonyl (C=O) groups is 3. The Morgan fingerprint density at radius 3 is 2.00 bits per heavy atom. The highest BCUT2D eigenvalue weighted by atomic mass is 16.6. The number of primary amides is 1. The van der Waals surface area contributed by atoms with Gasteiger partial charge in [0.1, 0.15) is 17.2 Å². The van der Waals surface area contributed by atoms with Gasteiger partial charge in [-0.2, -0.15) is 0 Å². The quantitative estimate of drug-likeness (QED) is 0.586. The minimum Gasteiger partial charge on any atom is -0.444 e. The highest BCUT2D eigenvalue weighted by molar-refractivity contribution is 5.84. The van der Waals surface area contributed by atoms with Gasteiger partial charge in [0.25, 0.3) is 0 Å². The van der Waals surface area contributed by atoms with Gasteiger partial charge in [-0.15, -0.1) is 0 Å². The molecule has 5 N–H and O–H groups in total. The molecular formula is C17H34N4O5. The number of hydrogen-bond donors (Lipinski definition) is 3. The Hall–Kier alpha value is -2.03. The number of hydrogen-bond acceptors (Lipinski definition) is 6. The smallest absolute Gasteiger partial charge is 0.410 e. The third-order valence-electron chi connectivity index (χ3n) is 3.02. The minimum atomic E-state index is -0.925. The van der Waals surface area contributed by atoms with Crippen LogP contribution >= 0.6 is 0 Å². The highest BCUT2D eigenvalue weighted by Gasteiger charge is 2.31. The molecule has 0 spiro atoms. The number of amides is 3. The predicted molar refractivity (Wildman–Crippen MR) is 98.4 cm³/mol. The summed E-state index contributed by atoms with van der Waals surface area (Å²) in [6.07, 6.45) is -0.625. The third kappa shape index (κ3) is 10.8. The molecule has 0 rings (SSSR count). The first-order valence-electron chi connectivity index (χ1n) is 8.72. The van der Waals surface area contributed by atoms with E-state index in [-0.39, 0.29) is 19.5 Å². The van der Waals surface area contributed by atoms with Crippen LogP contribution in [0.25, 0.3) is 0 Å². The number of rotatable bonds is 8. The molecule has 0 radical (unpaired) electrons. The van der Waals surface area contributed by atoms with E-state index < -0.39 is 35.3 Å². The Kier molecular flexibility index (Phi) is 9.40. The Bertz CT molecular complexity index is 483. The fourth-order valence-corrected chi connectivity index (χ4v) is 2.03. The van der Waals surface area contributed by atoms with Gasteiger partial charge in [-0.3, -0.25) is 9.69 Å². The summed E-state index contributed by atoms with van der Waals surface area (Å²) in [4.78, 5) is 37.3. The van der Waals surface area contributed by atoms with Crippen molar-refractivity contribution in [3.8, 4) is 0 Å². The lowest BCUT2D eigenvalue weighted by molar-refractivity contribution is -0.123. The molecule has 1 unspecified atom stereocenters. The number of nitrogens with zero attached hydrogens (tertiary/aromatic N) is 1. The topological polar surface area (TPSA) is 137 Å². The van der Waals surface area contributed by atoms with Crippen molar-refractivity contribution in [2.75, 3.05) is 19.6 Å². The van der Waals surface area contributed by atoms with Crippen LogP contribution in [0.5, 0.6) is 0 Å². The van der Waals surface area contributed by atoms with Crippen LogP contribution in [0.2, 0.25) is 0 Å². The van der Waals surface area contributed by atoms with E-state index in [1.165, 1.54) is 4.90 Å². The lowest BCUT2D eigenvalue weighted by Crippen LogP contribution is -2.51. The number of ether oxygens (including phenoxy) is 2. The molecule has 0 aromatic heterocycles. The first-order valence-corrected chi connectivity index (χ1v) is 8.72. The molecule has 9 heteroatoms. The Labute approximate surface area is 155 Å². The summed E-state index contributed by atoms with van der Waals surface area (Å²) >= 11 is 0. The van der Waals surface area contributed by atoms with Crippen molar-refractivity contribution >= 4 is 18.1 Å². The maximum Gasteiger partial charge on any atom is 0.410 e. The molecule has 1 atom stereocenters. The molecule has 3 amide bonds. The van der Waals surface area contributed by atoms with E-state index in [2.05, 4.69) is 5.32 Å². The molecule has 0 aliphatic rings. The second kappa shape index (κ2) is 10.2. The third-order valence-corrected chi connectivity index (χ3v) is 3.02. The summed E-state index contributed by atoms with van der Waals surface area (Å²) < 4.78 is 10.5. The van der Waals surface area contributed by atoms with Crippen molar-refractivity contribution in [3.63, 3.8) is 0 Å². The lowest BCUT2D eigenvalue weighted by atomic mass is 10.1. The summed E-state index contributed by atoms with van der Waals surface area (Å²) in [6.45, 7) is 11.1. The number of carbonyl (C=O) groups excluding carboxylic acids is 3. The van der Waals surface area contributed by atoms with Gasteiger partial charge in [0, 0.05) is 13.1 Å². The maximum atomic E-state index is 12.4. The second-order valence-corrected chi connectivity index (χ2v) is 7.95. The van der Waals surface area contributed by atoms with Gasteiger partial charge in [-0.25, -0.2) is 9.59 Å².